The Morgan fingerprint density at radius 2 is 1.96 bits per heavy atom. The molecule has 0 bridgehead atoms. The molecule has 6 nitrogen and oxygen atoms in total. The van der Waals surface area contributed by atoms with E-state index in [4.69, 9.17) is 0 Å². The van der Waals surface area contributed by atoms with Gasteiger partial charge in [-0.3, -0.25) is 4.57 Å². The van der Waals surface area contributed by atoms with Crippen molar-refractivity contribution in [2.75, 3.05) is 14.1 Å². The molecule has 0 spiro atoms. The molecule has 1 aliphatic heterocycles. The highest BCUT2D eigenvalue weighted by Crippen LogP contribution is 2.41. The summed E-state index contributed by atoms with van der Waals surface area (Å²) < 4.78 is 62.1. The fourth-order valence-corrected chi connectivity index (χ4v) is 2.83. The lowest BCUT2D eigenvalue weighted by molar-refractivity contribution is -0.286. The number of halogens is 4. The number of fused-ring (bicyclic) bond motifs is 1. The van der Waals surface area contributed by atoms with E-state index in [1.54, 1.807) is 0 Å². The van der Waals surface area contributed by atoms with Crippen molar-refractivity contribution in [3.63, 3.8) is 0 Å². The second-order valence-electron chi connectivity index (χ2n) is 5.17. The molecule has 2 heterocycles. The third-order valence-corrected chi connectivity index (χ3v) is 4.11. The van der Waals surface area contributed by atoms with Crippen molar-refractivity contribution >= 4 is 17.4 Å². The summed E-state index contributed by atoms with van der Waals surface area (Å²) in [7, 11) is 2.92. The summed E-state index contributed by atoms with van der Waals surface area (Å²) >= 11 is 0.620. The fraction of sp³-hybridized carbons (Fsp3) is 0.286. The topological polar surface area (TPSA) is 56.1 Å². The maximum Gasteiger partial charge on any atom is 0.586 e. The highest BCUT2D eigenvalue weighted by Gasteiger charge is 2.43. The lowest BCUT2D eigenvalue weighted by Crippen LogP contribution is -2.26. The minimum absolute atomic E-state index is 0.0281. The normalized spacial score (nSPS) is 15.7. The largest absolute Gasteiger partial charge is 0.586 e. The Bertz CT molecular complexity index is 892. The molecule has 0 N–H and O–H groups in total. The molecule has 25 heavy (non-hydrogen) atoms. The number of rotatable bonds is 2. The first-order chi connectivity index (χ1) is 11.7. The Labute approximate surface area is 142 Å². The van der Waals surface area contributed by atoms with Crippen molar-refractivity contribution in [1.82, 2.24) is 9.47 Å². The minimum Gasteiger partial charge on any atom is -0.395 e. The van der Waals surface area contributed by atoms with Crippen molar-refractivity contribution in [2.45, 2.75) is 12.7 Å². The zero-order valence-electron chi connectivity index (χ0n) is 12.9. The zero-order valence-corrected chi connectivity index (χ0v) is 13.7. The fourth-order valence-electron chi connectivity index (χ4n) is 2.00. The molecule has 11 heteroatoms. The number of alkyl halides is 4. The van der Waals surface area contributed by atoms with E-state index in [0.717, 1.165) is 6.20 Å². The Morgan fingerprint density at radius 1 is 1.28 bits per heavy atom. The molecule has 0 radical (unpaired) electrons. The first-order valence-corrected chi connectivity index (χ1v) is 7.65. The van der Waals surface area contributed by atoms with Crippen molar-refractivity contribution in [3.8, 4) is 17.2 Å². The van der Waals surface area contributed by atoms with Gasteiger partial charge in [0.2, 0.25) is 0 Å². The molecule has 0 unspecified atom stereocenters. The average molecular weight is 377 g/mol. The standard InChI is InChI=1S/C14H11F4N3O3S/c1-20(2)12(22)19-13-21(6-10(25-13)11(15)16)7-3-4-8-9(5-7)24-14(17,18)23-8/h3-6,11H,1-2H3. The van der Waals surface area contributed by atoms with Crippen molar-refractivity contribution < 1.29 is 31.8 Å². The van der Waals surface area contributed by atoms with Gasteiger partial charge in [0, 0.05) is 26.4 Å². The third kappa shape index (κ3) is 3.45. The van der Waals surface area contributed by atoms with Crippen LogP contribution in [0.25, 0.3) is 5.69 Å². The van der Waals surface area contributed by atoms with Crippen molar-refractivity contribution in [2.24, 2.45) is 4.99 Å². The Hall–Kier alpha value is -2.56. The van der Waals surface area contributed by atoms with E-state index in [1.807, 2.05) is 0 Å². The van der Waals surface area contributed by atoms with E-state index in [1.165, 1.54) is 41.8 Å². The molecule has 0 saturated carbocycles. The smallest absolute Gasteiger partial charge is 0.395 e. The minimum atomic E-state index is -3.79. The van der Waals surface area contributed by atoms with Crippen LogP contribution in [0.3, 0.4) is 0 Å². The quantitative estimate of drug-likeness (QED) is 0.754. The van der Waals surface area contributed by atoms with Gasteiger partial charge < -0.3 is 14.4 Å². The van der Waals surface area contributed by atoms with Crippen LogP contribution in [0.15, 0.2) is 29.4 Å². The number of ether oxygens (including phenoxy) is 2. The summed E-state index contributed by atoms with van der Waals surface area (Å²) in [6.07, 6.45) is -5.47. The Balaban J connectivity index is 2.10. The SMILES string of the molecule is CN(C)C(=O)N=c1sc(C(F)F)cn1-c1ccc2c(c1)OC(F)(F)O2. The summed E-state index contributed by atoms with van der Waals surface area (Å²) in [5, 5.41) is 0. The second-order valence-corrected chi connectivity index (χ2v) is 6.21. The van der Waals surface area contributed by atoms with Crippen molar-refractivity contribution in [1.29, 1.82) is 0 Å². The number of amides is 2. The van der Waals surface area contributed by atoms with Crippen LogP contribution in [0.1, 0.15) is 11.3 Å². The summed E-state index contributed by atoms with van der Waals surface area (Å²) in [4.78, 5) is 16.4. The molecular weight excluding hydrogens is 366 g/mol. The molecule has 1 aliphatic rings. The summed E-state index contributed by atoms with van der Waals surface area (Å²) in [5.41, 5.74) is 0.216. The molecule has 0 aliphatic carbocycles. The number of urea groups is 1. The van der Waals surface area contributed by atoms with E-state index >= 15 is 0 Å². The number of nitrogens with zero attached hydrogens (tertiary/aromatic N) is 3. The maximum atomic E-state index is 13.1. The van der Waals surface area contributed by atoms with Crippen molar-refractivity contribution in [3.05, 3.63) is 34.1 Å². The van der Waals surface area contributed by atoms with Crippen LogP contribution in [0.2, 0.25) is 0 Å². The van der Waals surface area contributed by atoms with Gasteiger partial charge in [-0.05, 0) is 12.1 Å². The van der Waals surface area contributed by atoms with Crippen LogP contribution in [0, 0.1) is 0 Å². The number of hydrogen-bond acceptors (Lipinski definition) is 4. The molecule has 1 aromatic heterocycles. The number of carbonyl (C=O) groups is 1. The molecule has 2 amide bonds. The van der Waals surface area contributed by atoms with Crippen LogP contribution in [0.5, 0.6) is 11.5 Å². The van der Waals surface area contributed by atoms with E-state index in [-0.39, 0.29) is 26.9 Å². The van der Waals surface area contributed by atoms with Gasteiger partial charge in [-0.15, -0.1) is 8.78 Å². The van der Waals surface area contributed by atoms with Gasteiger partial charge in [-0.25, -0.2) is 13.6 Å². The molecular formula is C14H11F4N3O3S. The van der Waals surface area contributed by atoms with E-state index in [0.29, 0.717) is 11.3 Å². The first-order valence-electron chi connectivity index (χ1n) is 6.83. The van der Waals surface area contributed by atoms with Crippen LogP contribution in [-0.2, 0) is 0 Å². The summed E-state index contributed by atoms with van der Waals surface area (Å²) in [6, 6.07) is 3.13. The number of aromatic nitrogens is 1. The average Bonchev–Trinajstić information content (AvgIpc) is 3.05. The van der Waals surface area contributed by atoms with Gasteiger partial charge >= 0.3 is 12.3 Å². The monoisotopic (exact) mass is 377 g/mol. The first kappa shape index (κ1) is 17.3. The predicted molar refractivity (Wildman–Crippen MR) is 79.5 cm³/mol. The highest BCUT2D eigenvalue weighted by molar-refractivity contribution is 7.09. The maximum absolute atomic E-state index is 13.1. The highest BCUT2D eigenvalue weighted by atomic mass is 32.1. The third-order valence-electron chi connectivity index (χ3n) is 3.12. The van der Waals surface area contributed by atoms with Crippen LogP contribution in [0.4, 0.5) is 22.4 Å². The molecule has 2 aromatic rings. The second kappa shape index (κ2) is 6.06. The Morgan fingerprint density at radius 3 is 2.60 bits per heavy atom. The molecule has 1 aromatic carbocycles. The van der Waals surface area contributed by atoms with Gasteiger partial charge in [0.1, 0.15) is 0 Å². The molecule has 0 saturated heterocycles. The molecule has 3 rings (SSSR count). The lowest BCUT2D eigenvalue weighted by Gasteiger charge is -2.06. The number of thiazole rings is 1. The van der Waals surface area contributed by atoms with E-state index in [2.05, 4.69) is 14.5 Å². The van der Waals surface area contributed by atoms with Crippen LogP contribution < -0.4 is 14.3 Å². The van der Waals surface area contributed by atoms with Gasteiger partial charge in [-0.1, -0.05) is 11.3 Å². The van der Waals surface area contributed by atoms with Crippen LogP contribution >= 0.6 is 11.3 Å². The number of hydrogen-bond donors (Lipinski definition) is 0. The summed E-state index contributed by atoms with van der Waals surface area (Å²) in [5.74, 6) is -0.425. The van der Waals surface area contributed by atoms with Gasteiger partial charge in [0.15, 0.2) is 16.3 Å². The number of carbonyl (C=O) groups excluding carboxylic acids is 1. The zero-order chi connectivity index (χ0) is 18.4. The van der Waals surface area contributed by atoms with E-state index in [9.17, 15) is 22.4 Å². The summed E-state index contributed by atoms with van der Waals surface area (Å²) in [6.45, 7) is 0. The Kier molecular flexibility index (Phi) is 4.19. The van der Waals surface area contributed by atoms with Crippen LogP contribution in [-0.4, -0.2) is 35.9 Å². The number of benzene rings is 1. The van der Waals surface area contributed by atoms with Gasteiger partial charge in [-0.2, -0.15) is 4.99 Å². The van der Waals surface area contributed by atoms with E-state index < -0.39 is 18.8 Å². The molecule has 0 fully saturated rings. The van der Waals surface area contributed by atoms with Gasteiger partial charge in [0.25, 0.3) is 6.43 Å². The molecule has 134 valence electrons. The predicted octanol–water partition coefficient (Wildman–Crippen LogP) is 3.38. The van der Waals surface area contributed by atoms with Gasteiger partial charge in [0.05, 0.1) is 10.6 Å². The molecule has 0 atom stereocenters. The lowest BCUT2D eigenvalue weighted by atomic mass is 10.3.